The van der Waals surface area contributed by atoms with Crippen molar-refractivity contribution in [2.45, 2.75) is 24.6 Å². The first-order chi connectivity index (χ1) is 10.3. The van der Waals surface area contributed by atoms with Crippen LogP contribution < -0.4 is 10.6 Å². The molecule has 22 heavy (non-hydrogen) atoms. The molecule has 0 aliphatic heterocycles. The first kappa shape index (κ1) is 16.3. The fourth-order valence-electron chi connectivity index (χ4n) is 2.31. The van der Waals surface area contributed by atoms with Gasteiger partial charge in [0.2, 0.25) is 0 Å². The number of aromatic carboxylic acids is 1. The number of carbonyl (C=O) groups excluding carboxylic acids is 1. The molecule has 9 heteroatoms. The molecule has 1 amide bonds. The van der Waals surface area contributed by atoms with E-state index >= 15 is 0 Å². The zero-order valence-corrected chi connectivity index (χ0v) is 12.5. The van der Waals surface area contributed by atoms with Crippen LogP contribution in [0, 0.1) is 0 Å². The lowest BCUT2D eigenvalue weighted by Crippen LogP contribution is -2.54. The molecule has 0 spiro atoms. The van der Waals surface area contributed by atoms with Crippen LogP contribution in [-0.4, -0.2) is 47.5 Å². The Kier molecular flexibility index (Phi) is 4.70. The second-order valence-corrected chi connectivity index (χ2v) is 5.49. The summed E-state index contributed by atoms with van der Waals surface area (Å²) in [6.07, 6.45) is 0.724. The lowest BCUT2D eigenvalue weighted by Gasteiger charge is -2.42. The summed E-state index contributed by atoms with van der Waals surface area (Å²) < 4.78 is 18.6. The Hall–Kier alpha value is -2.09. The lowest BCUT2D eigenvalue weighted by atomic mass is 9.77. The molecule has 0 aromatic carbocycles. The quantitative estimate of drug-likeness (QED) is 0.714. The second kappa shape index (κ2) is 6.35. The largest absolute Gasteiger partial charge is 0.478 e. The van der Waals surface area contributed by atoms with Gasteiger partial charge in [0, 0.05) is 25.1 Å². The Labute approximate surface area is 130 Å². The van der Waals surface area contributed by atoms with Crippen molar-refractivity contribution in [1.29, 1.82) is 0 Å². The number of nitrogens with one attached hydrogen (secondary N) is 2. The Balaban J connectivity index is 1.94. The summed E-state index contributed by atoms with van der Waals surface area (Å²) in [7, 11) is 1.20. The SMILES string of the molecule is COC(=O)NCC1(F)CC(Nc2cc(Cl)ncc2C(=O)O)C1. The highest BCUT2D eigenvalue weighted by Gasteiger charge is 2.45. The van der Waals surface area contributed by atoms with Gasteiger partial charge < -0.3 is 20.5 Å². The number of carbonyl (C=O) groups is 2. The first-order valence-corrected chi connectivity index (χ1v) is 6.87. The van der Waals surface area contributed by atoms with Crippen LogP contribution in [0.25, 0.3) is 0 Å². The Morgan fingerprint density at radius 1 is 1.59 bits per heavy atom. The lowest BCUT2D eigenvalue weighted by molar-refractivity contribution is 0.0498. The molecule has 2 rings (SSSR count). The number of ether oxygens (including phenoxy) is 1. The van der Waals surface area contributed by atoms with Gasteiger partial charge >= 0.3 is 12.1 Å². The van der Waals surface area contributed by atoms with E-state index in [0.29, 0.717) is 5.69 Å². The summed E-state index contributed by atoms with van der Waals surface area (Å²) in [6, 6.07) is 1.14. The van der Waals surface area contributed by atoms with Crippen molar-refractivity contribution >= 4 is 29.4 Å². The number of amides is 1. The van der Waals surface area contributed by atoms with E-state index < -0.39 is 17.7 Å². The molecule has 0 bridgehead atoms. The van der Waals surface area contributed by atoms with Gasteiger partial charge in [-0.15, -0.1) is 0 Å². The van der Waals surface area contributed by atoms with Crippen molar-refractivity contribution in [2.24, 2.45) is 0 Å². The van der Waals surface area contributed by atoms with Crippen LogP contribution in [-0.2, 0) is 4.74 Å². The highest BCUT2D eigenvalue weighted by Crippen LogP contribution is 2.38. The van der Waals surface area contributed by atoms with Crippen molar-refractivity contribution < 1.29 is 23.8 Å². The van der Waals surface area contributed by atoms with Crippen molar-refractivity contribution in [1.82, 2.24) is 10.3 Å². The van der Waals surface area contributed by atoms with Gasteiger partial charge in [0.25, 0.3) is 0 Å². The number of halogens is 2. The third-order valence-electron chi connectivity index (χ3n) is 3.42. The van der Waals surface area contributed by atoms with Crippen molar-refractivity contribution in [3.63, 3.8) is 0 Å². The average Bonchev–Trinajstić information content (AvgIpc) is 2.42. The first-order valence-electron chi connectivity index (χ1n) is 6.49. The number of pyridine rings is 1. The molecule has 1 aromatic heterocycles. The zero-order chi connectivity index (χ0) is 16.3. The number of hydrogen-bond acceptors (Lipinski definition) is 5. The number of hydrogen-bond donors (Lipinski definition) is 3. The Bertz CT molecular complexity index is 593. The molecule has 1 heterocycles. The molecule has 1 saturated carbocycles. The molecule has 0 saturated heterocycles. The van der Waals surface area contributed by atoms with Crippen LogP contribution in [0.2, 0.25) is 5.15 Å². The Morgan fingerprint density at radius 3 is 2.86 bits per heavy atom. The zero-order valence-electron chi connectivity index (χ0n) is 11.7. The van der Waals surface area contributed by atoms with E-state index in [2.05, 4.69) is 20.4 Å². The van der Waals surface area contributed by atoms with Crippen LogP contribution in [0.4, 0.5) is 14.9 Å². The number of carboxylic acids is 1. The van der Waals surface area contributed by atoms with E-state index in [-0.39, 0.29) is 36.1 Å². The third-order valence-corrected chi connectivity index (χ3v) is 3.63. The van der Waals surface area contributed by atoms with E-state index in [1.54, 1.807) is 0 Å². The monoisotopic (exact) mass is 331 g/mol. The minimum atomic E-state index is -1.54. The molecule has 7 nitrogen and oxygen atoms in total. The number of rotatable bonds is 5. The molecule has 0 unspecified atom stereocenters. The smallest absolute Gasteiger partial charge is 0.406 e. The number of nitrogens with zero attached hydrogens (tertiary/aromatic N) is 1. The summed E-state index contributed by atoms with van der Waals surface area (Å²) >= 11 is 5.74. The molecule has 0 atom stereocenters. The number of alkyl carbamates (subject to hydrolysis) is 1. The summed E-state index contributed by atoms with van der Waals surface area (Å²) in [5.41, 5.74) is -1.28. The highest BCUT2D eigenvalue weighted by molar-refractivity contribution is 6.29. The van der Waals surface area contributed by atoms with E-state index in [0.717, 1.165) is 6.20 Å². The van der Waals surface area contributed by atoms with Gasteiger partial charge in [-0.25, -0.2) is 19.0 Å². The molecule has 1 fully saturated rings. The maximum Gasteiger partial charge on any atom is 0.406 e. The topological polar surface area (TPSA) is 101 Å². The molecular weight excluding hydrogens is 317 g/mol. The van der Waals surface area contributed by atoms with E-state index in [1.165, 1.54) is 13.2 Å². The van der Waals surface area contributed by atoms with Gasteiger partial charge in [-0.05, 0) is 6.07 Å². The standard InChI is InChI=1S/C13H15ClFN3O4/c1-22-12(21)17-6-13(15)3-7(4-13)18-9-2-10(14)16-5-8(9)11(19)20/h2,5,7H,3-4,6H2,1H3,(H,16,18)(H,17,21)(H,19,20). The van der Waals surface area contributed by atoms with Crippen molar-refractivity contribution in [2.75, 3.05) is 19.0 Å². The van der Waals surface area contributed by atoms with Crippen LogP contribution in [0.1, 0.15) is 23.2 Å². The number of aromatic nitrogens is 1. The number of alkyl halides is 1. The number of anilines is 1. The Morgan fingerprint density at radius 2 is 2.27 bits per heavy atom. The third kappa shape index (κ3) is 3.76. The number of methoxy groups -OCH3 is 1. The van der Waals surface area contributed by atoms with Gasteiger partial charge in [-0.3, -0.25) is 0 Å². The van der Waals surface area contributed by atoms with E-state index in [4.69, 9.17) is 16.7 Å². The van der Waals surface area contributed by atoms with Crippen LogP contribution >= 0.6 is 11.6 Å². The van der Waals surface area contributed by atoms with Gasteiger partial charge in [-0.2, -0.15) is 0 Å². The van der Waals surface area contributed by atoms with Crippen LogP contribution in [0.5, 0.6) is 0 Å². The molecule has 120 valence electrons. The van der Waals surface area contributed by atoms with Crippen LogP contribution in [0.15, 0.2) is 12.3 Å². The van der Waals surface area contributed by atoms with Gasteiger partial charge in [0.15, 0.2) is 0 Å². The average molecular weight is 332 g/mol. The maximum atomic E-state index is 14.2. The summed E-state index contributed by atoms with van der Waals surface area (Å²) in [5.74, 6) is -1.15. The molecule has 1 aromatic rings. The van der Waals surface area contributed by atoms with E-state index in [1.807, 2.05) is 0 Å². The van der Waals surface area contributed by atoms with Crippen molar-refractivity contribution in [3.8, 4) is 0 Å². The van der Waals surface area contributed by atoms with Gasteiger partial charge in [0.05, 0.1) is 19.3 Å². The minimum absolute atomic E-state index is 0.0338. The molecule has 0 radical (unpaired) electrons. The van der Waals surface area contributed by atoms with Crippen LogP contribution in [0.3, 0.4) is 0 Å². The predicted octanol–water partition coefficient (Wildman–Crippen LogP) is 2.07. The molecule has 3 N–H and O–H groups in total. The summed E-state index contributed by atoms with van der Waals surface area (Å²) in [4.78, 5) is 25.7. The molecule has 1 aliphatic carbocycles. The fraction of sp³-hybridized carbons (Fsp3) is 0.462. The normalized spacial score (nSPS) is 23.3. The molecular formula is C13H15ClFN3O4. The summed E-state index contributed by atoms with van der Waals surface area (Å²) in [5, 5.41) is 14.5. The van der Waals surface area contributed by atoms with E-state index in [9.17, 15) is 14.0 Å². The molecule has 1 aliphatic rings. The van der Waals surface area contributed by atoms with Crippen molar-refractivity contribution in [3.05, 3.63) is 23.0 Å². The minimum Gasteiger partial charge on any atom is -0.478 e. The van der Waals surface area contributed by atoms with Gasteiger partial charge in [-0.1, -0.05) is 11.6 Å². The number of carboxylic acid groups (broad SMARTS) is 1. The second-order valence-electron chi connectivity index (χ2n) is 5.10. The maximum absolute atomic E-state index is 14.2. The fourth-order valence-corrected chi connectivity index (χ4v) is 2.47. The highest BCUT2D eigenvalue weighted by atomic mass is 35.5. The predicted molar refractivity (Wildman–Crippen MR) is 77.1 cm³/mol. The van der Waals surface area contributed by atoms with Gasteiger partial charge in [0.1, 0.15) is 16.4 Å². The summed E-state index contributed by atoms with van der Waals surface area (Å²) in [6.45, 7) is -0.152.